The summed E-state index contributed by atoms with van der Waals surface area (Å²) in [5.41, 5.74) is 12.9. The van der Waals surface area contributed by atoms with Gasteiger partial charge in [-0.05, 0) is 30.9 Å². The molecule has 1 aromatic rings. The third-order valence-corrected chi connectivity index (χ3v) is 3.87. The molecule has 0 heterocycles. The van der Waals surface area contributed by atoms with Crippen molar-refractivity contribution in [2.45, 2.75) is 46.6 Å². The number of benzene rings is 1. The fraction of sp³-hybridized carbons (Fsp3) is 0.562. The van der Waals surface area contributed by atoms with E-state index in [0.717, 1.165) is 19.4 Å². The van der Waals surface area contributed by atoms with Gasteiger partial charge in [0.1, 0.15) is 0 Å². The lowest BCUT2D eigenvalue weighted by molar-refractivity contribution is 0.100. The number of carbonyl (C=O) groups excluding carboxylic acids is 1. The number of nitrogen functional groups attached to an aromatic ring is 1. The van der Waals surface area contributed by atoms with Gasteiger partial charge in [-0.1, -0.05) is 39.3 Å². The lowest BCUT2D eigenvalue weighted by Crippen LogP contribution is -2.39. The van der Waals surface area contributed by atoms with E-state index in [0.29, 0.717) is 33.9 Å². The minimum atomic E-state index is -0.501. The quantitative estimate of drug-likeness (QED) is 0.755. The Hall–Kier alpha value is -1.42. The molecule has 0 aliphatic rings. The van der Waals surface area contributed by atoms with Crippen molar-refractivity contribution < 1.29 is 4.79 Å². The van der Waals surface area contributed by atoms with Crippen molar-refractivity contribution >= 4 is 28.9 Å². The molecule has 0 saturated heterocycles. The zero-order chi connectivity index (χ0) is 16.2. The highest BCUT2D eigenvalue weighted by Crippen LogP contribution is 2.35. The zero-order valence-electron chi connectivity index (χ0n) is 13.3. The van der Waals surface area contributed by atoms with Gasteiger partial charge in [0.05, 0.1) is 16.3 Å². The Bertz CT molecular complexity index is 499. The Morgan fingerprint density at radius 3 is 2.29 bits per heavy atom. The molecule has 1 aromatic carbocycles. The lowest BCUT2D eigenvalue weighted by Gasteiger charge is -2.36. The SMILES string of the molecule is CCC(CC)N(CC(C)C)c1c(Cl)cc(N)cc1C(N)=O. The van der Waals surface area contributed by atoms with Gasteiger partial charge in [0.15, 0.2) is 0 Å². The summed E-state index contributed by atoms with van der Waals surface area (Å²) in [7, 11) is 0. The topological polar surface area (TPSA) is 72.3 Å². The molecule has 0 aliphatic carbocycles. The van der Waals surface area contributed by atoms with Gasteiger partial charge in [0, 0.05) is 18.3 Å². The highest BCUT2D eigenvalue weighted by Gasteiger charge is 2.24. The number of primary amides is 1. The summed E-state index contributed by atoms with van der Waals surface area (Å²) in [5.74, 6) is -0.0566. The van der Waals surface area contributed by atoms with E-state index in [9.17, 15) is 4.79 Å². The predicted octanol–water partition coefficient (Wildman–Crippen LogP) is 3.67. The highest BCUT2D eigenvalue weighted by atomic mass is 35.5. The Morgan fingerprint density at radius 1 is 1.29 bits per heavy atom. The van der Waals surface area contributed by atoms with Gasteiger partial charge >= 0.3 is 0 Å². The molecular formula is C16H26ClN3O. The molecule has 0 fully saturated rings. The zero-order valence-corrected chi connectivity index (χ0v) is 14.1. The average Bonchev–Trinajstić information content (AvgIpc) is 2.37. The van der Waals surface area contributed by atoms with Gasteiger partial charge in [-0.3, -0.25) is 4.79 Å². The summed E-state index contributed by atoms with van der Waals surface area (Å²) >= 11 is 6.39. The number of halogens is 1. The molecule has 0 aromatic heterocycles. The van der Waals surface area contributed by atoms with Crippen molar-refractivity contribution in [3.63, 3.8) is 0 Å². The molecule has 0 unspecified atom stereocenters. The molecule has 0 saturated carbocycles. The first-order valence-electron chi connectivity index (χ1n) is 7.47. The number of hydrogen-bond acceptors (Lipinski definition) is 3. The predicted molar refractivity (Wildman–Crippen MR) is 90.9 cm³/mol. The minimum Gasteiger partial charge on any atom is -0.399 e. The van der Waals surface area contributed by atoms with Crippen LogP contribution >= 0.6 is 11.6 Å². The van der Waals surface area contributed by atoms with Crippen LogP contribution < -0.4 is 16.4 Å². The summed E-state index contributed by atoms with van der Waals surface area (Å²) in [6.45, 7) is 9.37. The van der Waals surface area contributed by atoms with Gasteiger partial charge in [0.25, 0.3) is 5.91 Å². The van der Waals surface area contributed by atoms with Crippen molar-refractivity contribution in [1.29, 1.82) is 0 Å². The largest absolute Gasteiger partial charge is 0.399 e. The maximum atomic E-state index is 11.8. The molecule has 4 N–H and O–H groups in total. The molecule has 5 heteroatoms. The maximum absolute atomic E-state index is 11.8. The van der Waals surface area contributed by atoms with Gasteiger partial charge in [0.2, 0.25) is 0 Å². The van der Waals surface area contributed by atoms with Crippen LogP contribution in [-0.4, -0.2) is 18.5 Å². The van der Waals surface area contributed by atoms with Gasteiger partial charge < -0.3 is 16.4 Å². The van der Waals surface area contributed by atoms with Crippen LogP contribution in [-0.2, 0) is 0 Å². The highest BCUT2D eigenvalue weighted by molar-refractivity contribution is 6.34. The van der Waals surface area contributed by atoms with Crippen LogP contribution in [0.1, 0.15) is 50.9 Å². The van der Waals surface area contributed by atoms with Crippen molar-refractivity contribution in [2.75, 3.05) is 17.2 Å². The second kappa shape index (κ2) is 7.55. The summed E-state index contributed by atoms with van der Waals surface area (Å²) in [6, 6.07) is 3.60. The fourth-order valence-corrected chi connectivity index (χ4v) is 2.98. The molecule has 0 radical (unpaired) electrons. The molecule has 21 heavy (non-hydrogen) atoms. The van der Waals surface area contributed by atoms with Crippen LogP contribution in [0, 0.1) is 5.92 Å². The van der Waals surface area contributed by atoms with Crippen LogP contribution in [0.3, 0.4) is 0 Å². The fourth-order valence-electron chi connectivity index (χ4n) is 2.65. The standard InChI is InChI=1S/C16H26ClN3O/c1-5-12(6-2)20(9-10(3)4)15-13(16(19)21)7-11(18)8-14(15)17/h7-8,10,12H,5-6,9,18H2,1-4H3,(H2,19,21). The molecule has 1 amide bonds. The third-order valence-electron chi connectivity index (χ3n) is 3.58. The van der Waals surface area contributed by atoms with Crippen LogP contribution in [0.4, 0.5) is 11.4 Å². The number of nitrogens with zero attached hydrogens (tertiary/aromatic N) is 1. The normalized spacial score (nSPS) is 11.2. The van der Waals surface area contributed by atoms with Crippen molar-refractivity contribution in [3.05, 3.63) is 22.7 Å². The van der Waals surface area contributed by atoms with E-state index in [1.807, 2.05) is 0 Å². The Labute approximate surface area is 132 Å². The van der Waals surface area contributed by atoms with E-state index in [-0.39, 0.29) is 0 Å². The van der Waals surface area contributed by atoms with Crippen LogP contribution in [0.15, 0.2) is 12.1 Å². The lowest BCUT2D eigenvalue weighted by atomic mass is 10.0. The molecule has 0 bridgehead atoms. The Kier molecular flexibility index (Phi) is 6.34. The van der Waals surface area contributed by atoms with E-state index in [1.165, 1.54) is 0 Å². The third kappa shape index (κ3) is 4.27. The van der Waals surface area contributed by atoms with E-state index in [4.69, 9.17) is 23.1 Å². The van der Waals surface area contributed by atoms with Gasteiger partial charge in [-0.25, -0.2) is 0 Å². The second-order valence-corrected chi connectivity index (χ2v) is 6.19. The maximum Gasteiger partial charge on any atom is 0.250 e. The first kappa shape index (κ1) is 17.6. The molecule has 0 atom stereocenters. The molecular weight excluding hydrogens is 286 g/mol. The number of rotatable bonds is 7. The van der Waals surface area contributed by atoms with Crippen LogP contribution in [0.2, 0.25) is 5.02 Å². The smallest absolute Gasteiger partial charge is 0.250 e. The number of nitrogens with two attached hydrogens (primary N) is 2. The molecule has 118 valence electrons. The minimum absolute atomic E-state index is 0.312. The monoisotopic (exact) mass is 311 g/mol. The first-order valence-corrected chi connectivity index (χ1v) is 7.84. The van der Waals surface area contributed by atoms with Gasteiger partial charge in [-0.15, -0.1) is 0 Å². The summed E-state index contributed by atoms with van der Waals surface area (Å²) in [5, 5.41) is 0.483. The van der Waals surface area contributed by atoms with Crippen molar-refractivity contribution in [3.8, 4) is 0 Å². The number of amides is 1. The molecule has 4 nitrogen and oxygen atoms in total. The summed E-state index contributed by atoms with van der Waals surface area (Å²) in [6.07, 6.45) is 1.95. The van der Waals surface area contributed by atoms with E-state index >= 15 is 0 Å². The Morgan fingerprint density at radius 2 is 1.86 bits per heavy atom. The Balaban J connectivity index is 3.45. The summed E-state index contributed by atoms with van der Waals surface area (Å²) < 4.78 is 0. The van der Waals surface area contributed by atoms with Crippen LogP contribution in [0.25, 0.3) is 0 Å². The van der Waals surface area contributed by atoms with Crippen molar-refractivity contribution in [2.24, 2.45) is 11.7 Å². The number of anilines is 2. The summed E-state index contributed by atoms with van der Waals surface area (Å²) in [4.78, 5) is 14.0. The van der Waals surface area contributed by atoms with Crippen LogP contribution in [0.5, 0.6) is 0 Å². The van der Waals surface area contributed by atoms with E-state index < -0.39 is 5.91 Å². The average molecular weight is 312 g/mol. The molecule has 1 rings (SSSR count). The molecule has 0 aliphatic heterocycles. The van der Waals surface area contributed by atoms with E-state index in [2.05, 4.69) is 32.6 Å². The second-order valence-electron chi connectivity index (χ2n) is 5.78. The first-order chi connectivity index (χ1) is 9.81. The molecule has 0 spiro atoms. The number of carbonyl (C=O) groups is 1. The van der Waals surface area contributed by atoms with Crippen molar-refractivity contribution in [1.82, 2.24) is 0 Å². The number of hydrogen-bond donors (Lipinski definition) is 2. The van der Waals surface area contributed by atoms with E-state index in [1.54, 1.807) is 12.1 Å². The van der Waals surface area contributed by atoms with Gasteiger partial charge in [-0.2, -0.15) is 0 Å².